The number of amides is 1. The Balaban J connectivity index is 1.81. The number of nitrogens with zero attached hydrogens (tertiary/aromatic N) is 2. The Morgan fingerprint density at radius 1 is 1.32 bits per heavy atom. The minimum Gasteiger partial charge on any atom is -0.381 e. The van der Waals surface area contributed by atoms with Gasteiger partial charge in [0.1, 0.15) is 5.60 Å². The fraction of sp³-hybridized carbons (Fsp3) is 0.400. The van der Waals surface area contributed by atoms with Crippen molar-refractivity contribution in [2.45, 2.75) is 38.2 Å². The molecule has 3 rings (SSSR count). The molecule has 1 amide bonds. The van der Waals surface area contributed by atoms with Gasteiger partial charge in [-0.1, -0.05) is 12.1 Å². The maximum Gasteiger partial charge on any atom is 0.253 e. The molecule has 1 aliphatic heterocycles. The number of hydrogen-bond donors (Lipinski definition) is 1. The maximum absolute atomic E-state index is 14.1. The number of benzene rings is 1. The lowest BCUT2D eigenvalue weighted by Gasteiger charge is -2.35. The van der Waals surface area contributed by atoms with Crippen molar-refractivity contribution in [3.8, 4) is 11.1 Å². The van der Waals surface area contributed by atoms with E-state index in [2.05, 4.69) is 11.1 Å². The van der Waals surface area contributed by atoms with Crippen molar-refractivity contribution in [3.05, 3.63) is 54.1 Å². The van der Waals surface area contributed by atoms with Crippen molar-refractivity contribution in [2.75, 3.05) is 13.1 Å². The van der Waals surface area contributed by atoms with Crippen molar-refractivity contribution in [2.24, 2.45) is 0 Å². The number of likely N-dealkylation sites (tertiary alicyclic amines) is 1. The zero-order valence-electron chi connectivity index (χ0n) is 14.5. The van der Waals surface area contributed by atoms with Crippen LogP contribution in [0.4, 0.5) is 4.39 Å². The average molecular weight is 341 g/mol. The van der Waals surface area contributed by atoms with E-state index in [9.17, 15) is 14.3 Å². The van der Waals surface area contributed by atoms with Crippen LogP contribution in [0, 0.1) is 12.0 Å². The number of carbonyl (C=O) groups excluding carboxylic acids is 1. The predicted molar refractivity (Wildman–Crippen MR) is 93.3 cm³/mol. The second kappa shape index (κ2) is 6.92. The number of carbonyl (C=O) groups is 1. The Morgan fingerprint density at radius 2 is 2.04 bits per heavy atom. The van der Waals surface area contributed by atoms with Gasteiger partial charge in [0.25, 0.3) is 5.91 Å². The van der Waals surface area contributed by atoms with Crippen LogP contribution in [0.2, 0.25) is 0 Å². The zero-order chi connectivity index (χ0) is 18.0. The van der Waals surface area contributed by atoms with E-state index in [4.69, 9.17) is 0 Å². The first-order valence-corrected chi connectivity index (χ1v) is 8.50. The standard InChI is InChI=1S/C20H22FN2O2/c1-20(2,25)19(24)23-12-9-14(10-13-23)15-6-3-4-7-16(15)17-8-5-11-22-18(17)21/h3,5-8,11,14,25H,9-10,12-13H2,1-2H3. The van der Waals surface area contributed by atoms with Crippen LogP contribution >= 0.6 is 0 Å². The van der Waals surface area contributed by atoms with Gasteiger partial charge < -0.3 is 10.0 Å². The molecule has 0 saturated carbocycles. The largest absolute Gasteiger partial charge is 0.381 e. The van der Waals surface area contributed by atoms with Gasteiger partial charge >= 0.3 is 0 Å². The lowest BCUT2D eigenvalue weighted by atomic mass is 9.84. The lowest BCUT2D eigenvalue weighted by molar-refractivity contribution is -0.148. The summed E-state index contributed by atoms with van der Waals surface area (Å²) in [6.07, 6.45) is 2.99. The molecule has 4 nitrogen and oxygen atoms in total. The Kier molecular flexibility index (Phi) is 4.86. The summed E-state index contributed by atoms with van der Waals surface area (Å²) in [6.45, 7) is 4.19. The number of pyridine rings is 1. The molecule has 131 valence electrons. The van der Waals surface area contributed by atoms with Crippen molar-refractivity contribution in [3.63, 3.8) is 0 Å². The highest BCUT2D eigenvalue weighted by Crippen LogP contribution is 2.36. The number of rotatable bonds is 3. The molecule has 1 radical (unpaired) electrons. The lowest BCUT2D eigenvalue weighted by Crippen LogP contribution is -2.48. The Morgan fingerprint density at radius 3 is 2.68 bits per heavy atom. The van der Waals surface area contributed by atoms with Gasteiger partial charge in [0.05, 0.1) is 0 Å². The second-order valence-corrected chi connectivity index (χ2v) is 6.98. The molecule has 0 spiro atoms. The van der Waals surface area contributed by atoms with Crippen LogP contribution in [0.5, 0.6) is 0 Å². The van der Waals surface area contributed by atoms with E-state index in [0.29, 0.717) is 18.7 Å². The number of piperidine rings is 1. The first-order valence-electron chi connectivity index (χ1n) is 8.50. The summed E-state index contributed by atoms with van der Waals surface area (Å²) in [7, 11) is 0. The predicted octanol–water partition coefficient (Wildman–Crippen LogP) is 3.16. The number of hydrogen-bond acceptors (Lipinski definition) is 3. The van der Waals surface area contributed by atoms with Gasteiger partial charge in [-0.15, -0.1) is 0 Å². The van der Waals surface area contributed by atoms with Gasteiger partial charge in [-0.25, -0.2) is 4.98 Å². The fourth-order valence-corrected chi connectivity index (χ4v) is 3.40. The first kappa shape index (κ1) is 17.5. The summed E-state index contributed by atoms with van der Waals surface area (Å²) in [5.41, 5.74) is 0.990. The van der Waals surface area contributed by atoms with Crippen LogP contribution in [0.15, 0.2) is 36.5 Å². The van der Waals surface area contributed by atoms with Gasteiger partial charge in [-0.3, -0.25) is 4.79 Å². The molecule has 1 aromatic carbocycles. The summed E-state index contributed by atoms with van der Waals surface area (Å²) < 4.78 is 14.1. The fourth-order valence-electron chi connectivity index (χ4n) is 3.40. The van der Waals surface area contributed by atoms with Gasteiger partial charge in [-0.2, -0.15) is 4.39 Å². The molecular formula is C20H22FN2O2. The van der Waals surface area contributed by atoms with Crippen molar-refractivity contribution in [1.29, 1.82) is 0 Å². The first-order chi connectivity index (χ1) is 11.9. The molecule has 0 unspecified atom stereocenters. The second-order valence-electron chi connectivity index (χ2n) is 6.98. The highest BCUT2D eigenvalue weighted by Gasteiger charge is 2.32. The van der Waals surface area contributed by atoms with Crippen LogP contribution in [-0.4, -0.2) is 39.6 Å². The third-order valence-corrected chi connectivity index (χ3v) is 4.69. The Bertz CT molecular complexity index is 762. The van der Waals surface area contributed by atoms with Gasteiger partial charge in [0, 0.05) is 24.8 Å². The molecule has 1 N–H and O–H groups in total. The van der Waals surface area contributed by atoms with E-state index in [1.807, 2.05) is 12.1 Å². The van der Waals surface area contributed by atoms with Crippen molar-refractivity contribution < 1.29 is 14.3 Å². The van der Waals surface area contributed by atoms with Crippen LogP contribution in [0.1, 0.15) is 38.2 Å². The summed E-state index contributed by atoms with van der Waals surface area (Å²) in [5, 5.41) is 9.90. The summed E-state index contributed by atoms with van der Waals surface area (Å²) in [4.78, 5) is 17.7. The average Bonchev–Trinajstić information content (AvgIpc) is 2.61. The number of aliphatic hydroxyl groups is 1. The van der Waals surface area contributed by atoms with E-state index < -0.39 is 11.5 Å². The van der Waals surface area contributed by atoms with E-state index in [1.165, 1.54) is 20.0 Å². The van der Waals surface area contributed by atoms with Crippen LogP contribution in [0.25, 0.3) is 11.1 Å². The SMILES string of the molecule is CC(C)(O)C(=O)N1CCC(c2cc[c]cc2-c2cccnc2F)CC1. The van der Waals surface area contributed by atoms with E-state index in [-0.39, 0.29) is 11.8 Å². The van der Waals surface area contributed by atoms with E-state index in [0.717, 1.165) is 24.0 Å². The molecule has 0 bridgehead atoms. The highest BCUT2D eigenvalue weighted by molar-refractivity contribution is 5.84. The smallest absolute Gasteiger partial charge is 0.253 e. The molecule has 5 heteroatoms. The quantitative estimate of drug-likeness (QED) is 0.873. The maximum atomic E-state index is 14.1. The van der Waals surface area contributed by atoms with Crippen molar-refractivity contribution >= 4 is 5.91 Å². The zero-order valence-corrected chi connectivity index (χ0v) is 14.5. The number of halogens is 1. The van der Waals surface area contributed by atoms with E-state index >= 15 is 0 Å². The normalized spacial score (nSPS) is 16.1. The monoisotopic (exact) mass is 341 g/mol. The van der Waals surface area contributed by atoms with E-state index in [1.54, 1.807) is 23.1 Å². The molecule has 2 heterocycles. The molecule has 1 aliphatic rings. The van der Waals surface area contributed by atoms with Crippen molar-refractivity contribution in [1.82, 2.24) is 9.88 Å². The van der Waals surface area contributed by atoms with Crippen LogP contribution < -0.4 is 0 Å². The minimum absolute atomic E-state index is 0.232. The molecule has 0 atom stereocenters. The third kappa shape index (κ3) is 3.71. The summed E-state index contributed by atoms with van der Waals surface area (Å²) in [5.74, 6) is -0.501. The van der Waals surface area contributed by atoms with Gasteiger partial charge in [0.2, 0.25) is 5.95 Å². The molecular weight excluding hydrogens is 319 g/mol. The van der Waals surface area contributed by atoms with Crippen LogP contribution in [0.3, 0.4) is 0 Å². The third-order valence-electron chi connectivity index (χ3n) is 4.69. The van der Waals surface area contributed by atoms with Crippen LogP contribution in [-0.2, 0) is 4.79 Å². The topological polar surface area (TPSA) is 53.4 Å². The van der Waals surface area contributed by atoms with Gasteiger partial charge in [0.15, 0.2) is 0 Å². The van der Waals surface area contributed by atoms with Gasteiger partial charge in [-0.05, 0) is 68.0 Å². The molecule has 0 aliphatic carbocycles. The molecule has 1 aromatic heterocycles. The molecule has 2 aromatic rings. The molecule has 1 saturated heterocycles. The Hall–Kier alpha value is -2.27. The minimum atomic E-state index is -1.35. The molecule has 25 heavy (non-hydrogen) atoms. The highest BCUT2D eigenvalue weighted by atomic mass is 19.1. The Labute approximate surface area is 147 Å². The summed E-state index contributed by atoms with van der Waals surface area (Å²) >= 11 is 0. The molecule has 1 fully saturated rings. The summed E-state index contributed by atoms with van der Waals surface area (Å²) in [6, 6.07) is 12.1. The number of aromatic nitrogens is 1.